The van der Waals surface area contributed by atoms with Gasteiger partial charge in [-0.05, 0) is 61.8 Å². The highest BCUT2D eigenvalue weighted by atomic mass is 32.2. The van der Waals surface area contributed by atoms with Crippen LogP contribution >= 0.6 is 0 Å². The molecule has 3 rings (SSSR count). The minimum atomic E-state index is -1.45. The fraction of sp³-hybridized carbons (Fsp3) is 0.368. The van der Waals surface area contributed by atoms with Gasteiger partial charge in [0.1, 0.15) is 5.82 Å². The summed E-state index contributed by atoms with van der Waals surface area (Å²) < 4.78 is 33.4. The number of nitrogens with zero attached hydrogens (tertiary/aromatic N) is 1. The molecule has 134 valence electrons. The molecular weight excluding hydrogens is 339 g/mol. The Hall–Kier alpha value is -1.76. The maximum absolute atomic E-state index is 13.3. The summed E-state index contributed by atoms with van der Waals surface area (Å²) in [5.74, 6) is -0.385. The van der Waals surface area contributed by atoms with Gasteiger partial charge in [-0.3, -0.25) is 4.31 Å². The molecule has 1 aliphatic rings. The molecular formula is C19H23FN2O2S. The third kappa shape index (κ3) is 4.87. The summed E-state index contributed by atoms with van der Waals surface area (Å²) in [5.41, 5.74) is 1.90. The van der Waals surface area contributed by atoms with Crippen molar-refractivity contribution in [2.75, 3.05) is 24.4 Å². The van der Waals surface area contributed by atoms with Crippen LogP contribution in [-0.2, 0) is 22.3 Å². The number of benzene rings is 2. The average Bonchev–Trinajstić information content (AvgIpc) is 2.66. The largest absolute Gasteiger partial charge is 0.373 e. The normalized spacial score (nSPS) is 16.6. The first-order chi connectivity index (χ1) is 12.1. The SMILES string of the molecule is CN(c1ccc(COC2CCNCC2)cc1)S(=O)c1cccc(F)c1. The van der Waals surface area contributed by atoms with Crippen LogP contribution in [0.4, 0.5) is 10.1 Å². The molecule has 1 aliphatic heterocycles. The summed E-state index contributed by atoms with van der Waals surface area (Å²) in [5, 5.41) is 3.32. The van der Waals surface area contributed by atoms with E-state index >= 15 is 0 Å². The third-order valence-corrected chi connectivity index (χ3v) is 5.68. The Morgan fingerprint density at radius 1 is 1.20 bits per heavy atom. The van der Waals surface area contributed by atoms with E-state index in [1.165, 1.54) is 12.1 Å². The lowest BCUT2D eigenvalue weighted by atomic mass is 10.1. The maximum atomic E-state index is 13.3. The van der Waals surface area contributed by atoms with Gasteiger partial charge in [-0.1, -0.05) is 18.2 Å². The van der Waals surface area contributed by atoms with Crippen LogP contribution in [0.15, 0.2) is 53.4 Å². The van der Waals surface area contributed by atoms with E-state index in [0.717, 1.165) is 37.2 Å². The van der Waals surface area contributed by atoms with Gasteiger partial charge >= 0.3 is 0 Å². The van der Waals surface area contributed by atoms with Crippen LogP contribution in [0.3, 0.4) is 0 Å². The molecule has 25 heavy (non-hydrogen) atoms. The molecule has 0 aliphatic carbocycles. The fourth-order valence-corrected chi connectivity index (χ4v) is 3.85. The zero-order valence-electron chi connectivity index (χ0n) is 14.3. The second-order valence-electron chi connectivity index (χ2n) is 6.13. The van der Waals surface area contributed by atoms with Gasteiger partial charge in [-0.2, -0.15) is 0 Å². The van der Waals surface area contributed by atoms with Gasteiger partial charge in [0.2, 0.25) is 0 Å². The molecule has 0 radical (unpaired) electrons. The number of hydrogen-bond donors (Lipinski definition) is 1. The highest BCUT2D eigenvalue weighted by Crippen LogP contribution is 2.21. The van der Waals surface area contributed by atoms with E-state index in [2.05, 4.69) is 5.32 Å². The van der Waals surface area contributed by atoms with Crippen molar-refractivity contribution in [2.24, 2.45) is 0 Å². The molecule has 0 amide bonds. The summed E-state index contributed by atoms with van der Waals surface area (Å²) in [7, 11) is 0.289. The van der Waals surface area contributed by atoms with Crippen molar-refractivity contribution in [3.63, 3.8) is 0 Å². The van der Waals surface area contributed by atoms with Crippen LogP contribution in [0.5, 0.6) is 0 Å². The molecule has 0 bridgehead atoms. The van der Waals surface area contributed by atoms with Crippen LogP contribution in [0.25, 0.3) is 0 Å². The summed E-state index contributed by atoms with van der Waals surface area (Å²) in [6, 6.07) is 13.7. The molecule has 0 aromatic heterocycles. The molecule has 2 aromatic rings. The van der Waals surface area contributed by atoms with Gasteiger partial charge in [0.15, 0.2) is 11.0 Å². The molecule has 1 fully saturated rings. The van der Waals surface area contributed by atoms with Gasteiger partial charge in [-0.25, -0.2) is 8.60 Å². The van der Waals surface area contributed by atoms with E-state index in [-0.39, 0.29) is 5.82 Å². The van der Waals surface area contributed by atoms with Crippen LogP contribution in [0.2, 0.25) is 0 Å². The highest BCUT2D eigenvalue weighted by molar-refractivity contribution is 7.86. The molecule has 1 unspecified atom stereocenters. The quantitative estimate of drug-likeness (QED) is 0.858. The number of halogens is 1. The summed E-state index contributed by atoms with van der Waals surface area (Å²) in [6.45, 7) is 2.61. The first kappa shape index (κ1) is 18.0. The number of hydrogen-bond acceptors (Lipinski definition) is 3. The van der Waals surface area contributed by atoms with Crippen molar-refractivity contribution in [1.29, 1.82) is 0 Å². The number of ether oxygens (including phenoxy) is 1. The van der Waals surface area contributed by atoms with Gasteiger partial charge in [-0.15, -0.1) is 0 Å². The van der Waals surface area contributed by atoms with E-state index in [9.17, 15) is 8.60 Å². The van der Waals surface area contributed by atoms with E-state index in [4.69, 9.17) is 4.74 Å². The molecule has 0 spiro atoms. The summed E-state index contributed by atoms with van der Waals surface area (Å²) in [6.07, 6.45) is 2.42. The van der Waals surface area contributed by atoms with Crippen LogP contribution in [0, 0.1) is 5.82 Å². The summed E-state index contributed by atoms with van der Waals surface area (Å²) >= 11 is 0. The maximum Gasteiger partial charge on any atom is 0.152 e. The van der Waals surface area contributed by atoms with Crippen LogP contribution < -0.4 is 9.62 Å². The molecule has 1 saturated heterocycles. The second kappa shape index (κ2) is 8.56. The number of nitrogens with one attached hydrogen (secondary N) is 1. The Morgan fingerprint density at radius 3 is 2.60 bits per heavy atom. The van der Waals surface area contributed by atoms with Crippen molar-refractivity contribution in [3.8, 4) is 0 Å². The van der Waals surface area contributed by atoms with Crippen molar-refractivity contribution in [2.45, 2.75) is 30.4 Å². The van der Waals surface area contributed by atoms with Crippen LogP contribution in [-0.4, -0.2) is 30.5 Å². The van der Waals surface area contributed by atoms with Crippen molar-refractivity contribution >= 4 is 16.7 Å². The monoisotopic (exact) mass is 362 g/mol. The summed E-state index contributed by atoms with van der Waals surface area (Å²) in [4.78, 5) is 0.445. The van der Waals surface area contributed by atoms with E-state index < -0.39 is 11.0 Å². The topological polar surface area (TPSA) is 41.6 Å². The number of anilines is 1. The Bertz CT molecular complexity index is 718. The molecule has 0 saturated carbocycles. The van der Waals surface area contributed by atoms with Gasteiger partial charge in [0.05, 0.1) is 17.6 Å². The molecule has 4 nitrogen and oxygen atoms in total. The van der Waals surface area contributed by atoms with Crippen molar-refractivity contribution in [1.82, 2.24) is 5.32 Å². The average molecular weight is 362 g/mol. The Kier molecular flexibility index (Phi) is 6.18. The lowest BCUT2D eigenvalue weighted by Crippen LogP contribution is -2.32. The second-order valence-corrected chi connectivity index (χ2v) is 7.65. The highest BCUT2D eigenvalue weighted by Gasteiger charge is 2.14. The first-order valence-electron chi connectivity index (χ1n) is 8.46. The van der Waals surface area contributed by atoms with Crippen molar-refractivity contribution < 1.29 is 13.3 Å². The zero-order chi connectivity index (χ0) is 17.6. The third-order valence-electron chi connectivity index (χ3n) is 4.32. The molecule has 2 aromatic carbocycles. The van der Waals surface area contributed by atoms with E-state index in [1.54, 1.807) is 23.5 Å². The van der Waals surface area contributed by atoms with Crippen molar-refractivity contribution in [3.05, 3.63) is 59.9 Å². The Labute approximate surface area is 150 Å². The minimum Gasteiger partial charge on any atom is -0.373 e. The van der Waals surface area contributed by atoms with Gasteiger partial charge in [0, 0.05) is 12.7 Å². The zero-order valence-corrected chi connectivity index (χ0v) is 15.1. The van der Waals surface area contributed by atoms with E-state index in [1.807, 2.05) is 24.3 Å². The van der Waals surface area contributed by atoms with Gasteiger partial charge < -0.3 is 10.1 Å². The minimum absolute atomic E-state index is 0.323. The smallest absolute Gasteiger partial charge is 0.152 e. The van der Waals surface area contributed by atoms with Crippen LogP contribution in [0.1, 0.15) is 18.4 Å². The van der Waals surface area contributed by atoms with E-state index in [0.29, 0.717) is 17.6 Å². The Balaban J connectivity index is 1.60. The number of rotatable bonds is 6. The molecule has 1 N–H and O–H groups in total. The lowest BCUT2D eigenvalue weighted by Gasteiger charge is -2.23. The Morgan fingerprint density at radius 2 is 1.92 bits per heavy atom. The standard InChI is InChI=1S/C19H23FN2O2S/c1-22(25(23)19-4-2-3-16(20)13-19)17-7-5-15(6-8-17)14-24-18-9-11-21-12-10-18/h2-8,13,18,21H,9-12,14H2,1H3. The molecule has 1 atom stereocenters. The molecule has 6 heteroatoms. The molecule has 1 heterocycles. The predicted molar refractivity (Wildman–Crippen MR) is 98.3 cm³/mol. The first-order valence-corrected chi connectivity index (χ1v) is 9.56. The lowest BCUT2D eigenvalue weighted by molar-refractivity contribution is 0.0212. The fourth-order valence-electron chi connectivity index (χ4n) is 2.81. The van der Waals surface area contributed by atoms with Gasteiger partial charge in [0.25, 0.3) is 0 Å². The predicted octanol–water partition coefficient (Wildman–Crippen LogP) is 3.25. The number of piperidine rings is 1.